The first kappa shape index (κ1) is 30.0. The van der Waals surface area contributed by atoms with Crippen molar-refractivity contribution in [1.82, 2.24) is 5.32 Å². The Morgan fingerprint density at radius 1 is 1.07 bits per heavy atom. The van der Waals surface area contributed by atoms with Crippen molar-refractivity contribution in [3.63, 3.8) is 0 Å². The van der Waals surface area contributed by atoms with Gasteiger partial charge in [-0.2, -0.15) is 0 Å². The molecule has 0 spiro atoms. The number of unbranched alkanes of at least 4 members (excludes halogenated alkanes) is 5. The molecule has 1 N–H and O–H groups in total. The zero-order chi connectivity index (χ0) is 18.7. The number of benzene rings is 1. The van der Waals surface area contributed by atoms with Crippen molar-refractivity contribution in [3.05, 3.63) is 35.9 Å². The maximum Gasteiger partial charge on any atom is 1.00 e. The van der Waals surface area contributed by atoms with Crippen LogP contribution in [0, 0.1) is 0 Å². The summed E-state index contributed by atoms with van der Waals surface area (Å²) in [6, 6.07) is 8.21. The van der Waals surface area contributed by atoms with Crippen molar-refractivity contribution >= 4 is 13.7 Å². The van der Waals surface area contributed by atoms with Gasteiger partial charge in [0.2, 0.25) is 5.91 Å². The first-order valence-corrected chi connectivity index (χ1v) is 10.3. The Balaban J connectivity index is 0. The Labute approximate surface area is 207 Å². The van der Waals surface area contributed by atoms with E-state index < -0.39 is 20.0 Å². The number of nitrogens with one attached hydrogen (secondary N) is 1. The zero-order valence-corrected chi connectivity index (χ0v) is 21.9. The summed E-state index contributed by atoms with van der Waals surface area (Å²) in [4.78, 5) is 34.0. The monoisotopic (exact) mass is 415 g/mol. The number of rotatable bonds is 12. The van der Waals surface area contributed by atoms with Crippen molar-refractivity contribution in [2.45, 2.75) is 70.9 Å². The Kier molecular flexibility index (Phi) is 18.4. The van der Waals surface area contributed by atoms with Gasteiger partial charge in [0, 0.05) is 6.42 Å². The van der Waals surface area contributed by atoms with Crippen LogP contribution in [0.2, 0.25) is 0 Å². The van der Waals surface area contributed by atoms with Gasteiger partial charge in [-0.3, -0.25) is 4.79 Å². The van der Waals surface area contributed by atoms with E-state index in [0.29, 0.717) is 12.0 Å². The fourth-order valence-corrected chi connectivity index (χ4v) is 3.24. The van der Waals surface area contributed by atoms with E-state index in [0.717, 1.165) is 19.3 Å². The minimum atomic E-state index is -5.13. The van der Waals surface area contributed by atoms with Gasteiger partial charge in [0.25, 0.3) is 0 Å². The van der Waals surface area contributed by atoms with E-state index in [2.05, 4.69) is 16.8 Å². The number of amides is 1. The van der Waals surface area contributed by atoms with E-state index in [-0.39, 0.29) is 65.0 Å². The predicted octanol–water partition coefficient (Wildman–Crippen LogP) is -3.16. The quantitative estimate of drug-likeness (QED) is 0.221. The minimum absolute atomic E-state index is 0. The summed E-state index contributed by atoms with van der Waals surface area (Å²) in [7, 11) is -5.13. The van der Waals surface area contributed by atoms with Crippen molar-refractivity contribution in [2.24, 2.45) is 0 Å². The fourth-order valence-electron chi connectivity index (χ4n) is 2.71. The number of phosphoric ester groups is 1. The topological polar surface area (TPSA) is 102 Å². The molecule has 1 aromatic rings. The van der Waals surface area contributed by atoms with Crippen LogP contribution in [0.3, 0.4) is 0 Å². The van der Waals surface area contributed by atoms with Crippen LogP contribution in [0.25, 0.3) is 0 Å². The van der Waals surface area contributed by atoms with Crippen LogP contribution >= 0.6 is 7.82 Å². The molecule has 0 aromatic heterocycles. The van der Waals surface area contributed by atoms with Crippen molar-refractivity contribution in [3.8, 4) is 0 Å². The summed E-state index contributed by atoms with van der Waals surface area (Å²) in [5.41, 5.74) is 0.694. The predicted molar refractivity (Wildman–Crippen MR) is 93.5 cm³/mol. The van der Waals surface area contributed by atoms with Crippen molar-refractivity contribution in [1.29, 1.82) is 0 Å². The van der Waals surface area contributed by atoms with E-state index in [1.165, 1.54) is 26.2 Å². The largest absolute Gasteiger partial charge is 1.00 e. The summed E-state index contributed by atoms with van der Waals surface area (Å²) >= 11 is 0. The average Bonchev–Trinajstić information content (AvgIpc) is 2.55. The van der Waals surface area contributed by atoms with Gasteiger partial charge >= 0.3 is 59.1 Å². The Hall–Kier alpha value is 0.800. The number of carbonyl (C=O) groups is 1. The minimum Gasteiger partial charge on any atom is -0.790 e. The van der Waals surface area contributed by atoms with Crippen LogP contribution in [0.4, 0.5) is 0 Å². The van der Waals surface area contributed by atoms with Gasteiger partial charge in [0.05, 0.1) is 20.0 Å². The second kappa shape index (κ2) is 16.6. The van der Waals surface area contributed by atoms with Gasteiger partial charge in [-0.1, -0.05) is 69.4 Å². The molecule has 0 bridgehead atoms. The summed E-state index contributed by atoms with van der Waals surface area (Å²) in [5.74, 6) is -0.175. The summed E-state index contributed by atoms with van der Waals surface area (Å²) in [6.45, 7) is 3.62. The zero-order valence-electron chi connectivity index (χ0n) is 17.0. The van der Waals surface area contributed by atoms with E-state index in [1.54, 1.807) is 24.3 Å². The SMILES string of the molecule is CCCCCCCCC(=O)N[C@H](c1ccccc1)[C@H](C)OP(=O)([O-])[O-].[Na+].[Na+]. The maximum absolute atomic E-state index is 12.2. The van der Waals surface area contributed by atoms with Crippen LogP contribution in [-0.4, -0.2) is 12.0 Å². The Bertz CT molecular complexity index is 556. The Morgan fingerprint density at radius 2 is 1.63 bits per heavy atom. The van der Waals surface area contributed by atoms with Crippen LogP contribution in [0.5, 0.6) is 0 Å². The van der Waals surface area contributed by atoms with Gasteiger partial charge < -0.3 is 24.2 Å². The van der Waals surface area contributed by atoms with E-state index in [4.69, 9.17) is 0 Å². The summed E-state index contributed by atoms with van der Waals surface area (Å²) in [5, 5.41) is 2.79. The molecule has 0 aliphatic carbocycles. The summed E-state index contributed by atoms with van der Waals surface area (Å²) in [6.07, 6.45) is 5.85. The first-order valence-electron chi connectivity index (χ1n) is 8.88. The molecule has 142 valence electrons. The molecule has 0 aliphatic heterocycles. The van der Waals surface area contributed by atoms with Crippen molar-refractivity contribution < 1.29 is 82.8 Å². The number of carbonyl (C=O) groups excluding carboxylic acids is 1. The number of hydrogen-bond donors (Lipinski definition) is 1. The third-order valence-electron chi connectivity index (χ3n) is 4.00. The Morgan fingerprint density at radius 3 is 2.19 bits per heavy atom. The molecule has 0 saturated carbocycles. The molecule has 0 fully saturated rings. The molecule has 9 heteroatoms. The second-order valence-electron chi connectivity index (χ2n) is 6.23. The third kappa shape index (κ3) is 14.4. The number of phosphoric acid groups is 1. The number of hydrogen-bond acceptors (Lipinski definition) is 5. The van der Waals surface area contributed by atoms with E-state index in [9.17, 15) is 19.1 Å². The van der Waals surface area contributed by atoms with Gasteiger partial charge in [-0.05, 0) is 18.9 Å². The standard InChI is InChI=1S/C18H30NO5P.2Na/c1-3-4-5-6-7-11-14-17(20)19-18(15(2)24-25(21,22)23)16-12-9-8-10-13-16;;/h8-10,12-13,15,18H,3-7,11,14H2,1-2H3,(H,19,20)(H2,21,22,23);;/q;2*+1/p-2/t15-,18-;;/m0../s1. The normalized spacial score (nSPS) is 13.0. The first-order chi connectivity index (χ1) is 11.8. The molecule has 0 unspecified atom stereocenters. The smallest absolute Gasteiger partial charge is 0.790 e. The molecular formula is C18H28NNa2O5P. The molecule has 1 aromatic carbocycles. The molecule has 6 nitrogen and oxygen atoms in total. The molecule has 0 saturated heterocycles. The van der Waals surface area contributed by atoms with Crippen LogP contribution < -0.4 is 74.2 Å². The maximum atomic E-state index is 12.2. The summed E-state index contributed by atoms with van der Waals surface area (Å²) < 4.78 is 15.5. The molecule has 27 heavy (non-hydrogen) atoms. The second-order valence-corrected chi connectivity index (χ2v) is 7.34. The van der Waals surface area contributed by atoms with Gasteiger partial charge in [0.1, 0.15) is 0 Å². The van der Waals surface area contributed by atoms with Crippen LogP contribution in [0.15, 0.2) is 30.3 Å². The molecule has 0 radical (unpaired) electrons. The van der Waals surface area contributed by atoms with Crippen LogP contribution in [0.1, 0.15) is 70.4 Å². The van der Waals surface area contributed by atoms with Crippen molar-refractivity contribution in [2.75, 3.05) is 0 Å². The molecule has 2 atom stereocenters. The molecule has 1 rings (SSSR count). The molecule has 0 heterocycles. The van der Waals surface area contributed by atoms with Gasteiger partial charge in [-0.15, -0.1) is 0 Å². The third-order valence-corrected chi connectivity index (χ3v) is 4.59. The molecule has 0 aliphatic rings. The average molecular weight is 415 g/mol. The van der Waals surface area contributed by atoms with Gasteiger partial charge in [0.15, 0.2) is 0 Å². The van der Waals surface area contributed by atoms with E-state index in [1.807, 2.05) is 6.07 Å². The molecular weight excluding hydrogens is 387 g/mol. The van der Waals surface area contributed by atoms with E-state index >= 15 is 0 Å². The molecule has 1 amide bonds. The fraction of sp³-hybridized carbons (Fsp3) is 0.611. The van der Waals surface area contributed by atoms with Gasteiger partial charge in [-0.25, -0.2) is 0 Å². The van der Waals surface area contributed by atoms with Crippen LogP contribution in [-0.2, 0) is 13.9 Å².